The smallest absolute Gasteiger partial charge is 0.337 e. The van der Waals surface area contributed by atoms with Gasteiger partial charge in [0.05, 0.1) is 11.4 Å². The molecular weight excluding hydrogens is 474 g/mol. The van der Waals surface area contributed by atoms with E-state index >= 15 is 0 Å². The van der Waals surface area contributed by atoms with Crippen LogP contribution < -0.4 is 15.2 Å². The Bertz CT molecular complexity index is 1510. The first-order valence-corrected chi connectivity index (χ1v) is 13.2. The average molecular weight is 506 g/mol. The highest BCUT2D eigenvalue weighted by molar-refractivity contribution is 5.41. The molecule has 192 valence electrons. The second-order valence-electron chi connectivity index (χ2n) is 9.65. The Morgan fingerprint density at radius 2 is 1.45 bits per heavy atom. The summed E-state index contributed by atoms with van der Waals surface area (Å²) in [5.74, 6) is 2.52. The largest absolute Gasteiger partial charge is 0.492 e. The van der Waals surface area contributed by atoms with E-state index < -0.39 is 0 Å². The van der Waals surface area contributed by atoms with Gasteiger partial charge in [0, 0.05) is 38.4 Å². The summed E-state index contributed by atoms with van der Waals surface area (Å²) in [6.07, 6.45) is 12.7. The molecule has 0 bridgehead atoms. The minimum Gasteiger partial charge on any atom is -0.492 e. The fourth-order valence-corrected chi connectivity index (χ4v) is 5.00. The number of aromatic nitrogens is 2. The Kier molecular flexibility index (Phi) is 6.96. The van der Waals surface area contributed by atoms with Crippen molar-refractivity contribution in [2.75, 3.05) is 19.7 Å². The first-order chi connectivity index (χ1) is 18.7. The molecular formula is C32H31N3O3. The molecule has 0 amide bonds. The second kappa shape index (κ2) is 11.0. The van der Waals surface area contributed by atoms with E-state index in [0.717, 1.165) is 67.5 Å². The number of ether oxygens (including phenoxy) is 2. The predicted molar refractivity (Wildman–Crippen MR) is 149 cm³/mol. The van der Waals surface area contributed by atoms with Crippen molar-refractivity contribution in [1.29, 1.82) is 0 Å². The van der Waals surface area contributed by atoms with Gasteiger partial charge >= 0.3 is 5.69 Å². The van der Waals surface area contributed by atoms with Gasteiger partial charge in [0.15, 0.2) is 0 Å². The molecule has 6 nitrogen and oxygen atoms in total. The number of nitrogens with zero attached hydrogens (tertiary/aromatic N) is 3. The predicted octanol–water partition coefficient (Wildman–Crippen LogP) is 5.68. The lowest BCUT2D eigenvalue weighted by Gasteiger charge is -2.28. The van der Waals surface area contributed by atoms with Crippen LogP contribution in [0.3, 0.4) is 0 Å². The van der Waals surface area contributed by atoms with E-state index in [1.54, 1.807) is 21.5 Å². The molecule has 2 aliphatic rings. The lowest BCUT2D eigenvalue weighted by atomic mass is 10.0. The van der Waals surface area contributed by atoms with Crippen LogP contribution in [0.5, 0.6) is 11.5 Å². The van der Waals surface area contributed by atoms with Gasteiger partial charge in [0.1, 0.15) is 23.9 Å². The number of rotatable bonds is 8. The van der Waals surface area contributed by atoms with Gasteiger partial charge in [0.2, 0.25) is 0 Å². The summed E-state index contributed by atoms with van der Waals surface area (Å²) in [4.78, 5) is 15.6. The van der Waals surface area contributed by atoms with Crippen LogP contribution in [0.4, 0.5) is 0 Å². The zero-order valence-corrected chi connectivity index (χ0v) is 21.3. The molecule has 0 saturated heterocycles. The zero-order chi connectivity index (χ0) is 25.7. The van der Waals surface area contributed by atoms with Crippen molar-refractivity contribution >= 4 is 0 Å². The van der Waals surface area contributed by atoms with E-state index in [1.165, 1.54) is 11.1 Å². The van der Waals surface area contributed by atoms with Crippen LogP contribution in [-0.2, 0) is 13.0 Å². The van der Waals surface area contributed by atoms with Gasteiger partial charge < -0.3 is 9.47 Å². The minimum atomic E-state index is -0.127. The summed E-state index contributed by atoms with van der Waals surface area (Å²) >= 11 is 0. The van der Waals surface area contributed by atoms with Crippen molar-refractivity contribution in [1.82, 2.24) is 14.0 Å². The molecule has 3 aromatic carbocycles. The van der Waals surface area contributed by atoms with Gasteiger partial charge in [-0.05, 0) is 78.6 Å². The molecule has 2 heterocycles. The average Bonchev–Trinajstić information content (AvgIpc) is 3.35. The van der Waals surface area contributed by atoms with Crippen LogP contribution in [0.15, 0.2) is 114 Å². The molecule has 1 aliphatic heterocycles. The topological polar surface area (TPSA) is 48.6 Å². The molecule has 0 saturated carbocycles. The number of allylic oxidation sites excluding steroid dienone is 4. The number of fused-ring (bicyclic) bond motifs is 1. The molecule has 4 aromatic rings. The molecule has 1 aliphatic carbocycles. The Morgan fingerprint density at radius 3 is 2.13 bits per heavy atom. The van der Waals surface area contributed by atoms with E-state index in [4.69, 9.17) is 9.47 Å². The van der Waals surface area contributed by atoms with Gasteiger partial charge in [0.25, 0.3) is 0 Å². The van der Waals surface area contributed by atoms with Gasteiger partial charge in [-0.1, -0.05) is 36.4 Å². The maximum absolute atomic E-state index is 13.1. The van der Waals surface area contributed by atoms with Crippen molar-refractivity contribution in [2.24, 2.45) is 0 Å². The van der Waals surface area contributed by atoms with Crippen LogP contribution in [0.25, 0.3) is 11.4 Å². The number of hydrogen-bond donors (Lipinski definition) is 0. The molecule has 6 rings (SSSR count). The highest BCUT2D eigenvalue weighted by Crippen LogP contribution is 2.22. The number of hydrogen-bond acceptors (Lipinski definition) is 4. The van der Waals surface area contributed by atoms with Crippen molar-refractivity contribution in [3.05, 3.63) is 131 Å². The summed E-state index contributed by atoms with van der Waals surface area (Å²) in [6.45, 7) is 3.55. The van der Waals surface area contributed by atoms with E-state index in [0.29, 0.717) is 6.61 Å². The zero-order valence-electron chi connectivity index (χ0n) is 21.3. The summed E-state index contributed by atoms with van der Waals surface area (Å²) in [7, 11) is 0. The number of imidazole rings is 1. The first-order valence-electron chi connectivity index (χ1n) is 13.2. The number of benzene rings is 3. The van der Waals surface area contributed by atoms with Crippen molar-refractivity contribution in [2.45, 2.75) is 25.8 Å². The highest BCUT2D eigenvalue weighted by Gasteiger charge is 2.15. The molecule has 6 heteroatoms. The molecule has 0 N–H and O–H groups in total. The summed E-state index contributed by atoms with van der Waals surface area (Å²) < 4.78 is 15.2. The Morgan fingerprint density at radius 1 is 0.763 bits per heavy atom. The summed E-state index contributed by atoms with van der Waals surface area (Å²) in [5, 5.41) is 0. The first kappa shape index (κ1) is 24.1. The molecule has 0 unspecified atom stereocenters. The lowest BCUT2D eigenvalue weighted by Crippen LogP contribution is -2.33. The normalized spacial score (nSPS) is 15.1. The minimum absolute atomic E-state index is 0.127. The summed E-state index contributed by atoms with van der Waals surface area (Å²) in [6, 6.07) is 23.9. The van der Waals surface area contributed by atoms with E-state index in [1.807, 2.05) is 60.7 Å². The molecule has 0 radical (unpaired) electrons. The van der Waals surface area contributed by atoms with E-state index in [9.17, 15) is 4.79 Å². The molecule has 38 heavy (non-hydrogen) atoms. The highest BCUT2D eigenvalue weighted by atomic mass is 16.5. The van der Waals surface area contributed by atoms with Crippen LogP contribution in [0, 0.1) is 0 Å². The van der Waals surface area contributed by atoms with E-state index in [-0.39, 0.29) is 5.69 Å². The third-order valence-electron chi connectivity index (χ3n) is 7.12. The van der Waals surface area contributed by atoms with Gasteiger partial charge in [-0.2, -0.15) is 0 Å². The second-order valence-corrected chi connectivity index (χ2v) is 9.65. The maximum atomic E-state index is 13.1. The Labute approximate surface area is 222 Å². The lowest BCUT2D eigenvalue weighted by molar-refractivity contribution is 0.196. The molecule has 0 spiro atoms. The monoisotopic (exact) mass is 505 g/mol. The third-order valence-corrected chi connectivity index (χ3v) is 7.12. The van der Waals surface area contributed by atoms with E-state index in [2.05, 4.69) is 35.2 Å². The molecule has 0 fully saturated rings. The van der Waals surface area contributed by atoms with Crippen molar-refractivity contribution in [3.8, 4) is 22.9 Å². The quantitative estimate of drug-likeness (QED) is 0.309. The fourth-order valence-electron chi connectivity index (χ4n) is 5.00. The van der Waals surface area contributed by atoms with Gasteiger partial charge in [-0.15, -0.1) is 0 Å². The van der Waals surface area contributed by atoms with Crippen LogP contribution >= 0.6 is 0 Å². The van der Waals surface area contributed by atoms with Crippen LogP contribution in [0.2, 0.25) is 0 Å². The SMILES string of the molecule is O=c1n(-c2ccc(OCCN3CCc4ccccc4C3)cc2)ccn1-c1ccc(OC2=CC=CCC2)cc1. The fraction of sp³-hybridized carbons (Fsp3) is 0.219. The van der Waals surface area contributed by atoms with Crippen molar-refractivity contribution < 1.29 is 9.47 Å². The third kappa shape index (κ3) is 5.36. The van der Waals surface area contributed by atoms with Crippen molar-refractivity contribution in [3.63, 3.8) is 0 Å². The van der Waals surface area contributed by atoms with Crippen LogP contribution in [0.1, 0.15) is 24.0 Å². The van der Waals surface area contributed by atoms with Gasteiger partial charge in [-0.3, -0.25) is 14.0 Å². The maximum Gasteiger partial charge on any atom is 0.337 e. The van der Waals surface area contributed by atoms with Crippen LogP contribution in [-0.4, -0.2) is 33.7 Å². The summed E-state index contributed by atoms with van der Waals surface area (Å²) in [5.41, 5.74) is 4.34. The Hall–Kier alpha value is -4.29. The molecule has 0 atom stereocenters. The standard InChI is InChI=1S/C32H31N3O3/c36-32-34(20-21-35(32)28-12-16-31(17-13-28)38-30-8-2-1-3-9-30)27-10-14-29(15-11-27)37-23-22-33-19-18-25-6-4-5-7-26(25)24-33/h1-2,4-8,10-17,20-21H,3,9,18-19,22-24H2. The molecule has 1 aromatic heterocycles. The Balaban J connectivity index is 1.06. The van der Waals surface area contributed by atoms with Gasteiger partial charge in [-0.25, -0.2) is 4.79 Å².